The molecule has 174 valence electrons. The molecule has 1 saturated heterocycles. The van der Waals surface area contributed by atoms with Crippen LogP contribution in [-0.2, 0) is 9.47 Å². The van der Waals surface area contributed by atoms with E-state index in [-0.39, 0.29) is 5.96 Å². The number of carbonyl (C=O) groups excluding carboxylic acids is 2. The number of amides is 2. The number of nitrogens with two attached hydrogens (primary N) is 1. The van der Waals surface area contributed by atoms with Crippen molar-refractivity contribution >= 4 is 18.1 Å². The second kappa shape index (κ2) is 12.1. The van der Waals surface area contributed by atoms with Gasteiger partial charge < -0.3 is 20.1 Å². The van der Waals surface area contributed by atoms with Crippen LogP contribution in [0.25, 0.3) is 0 Å². The van der Waals surface area contributed by atoms with Gasteiger partial charge in [0.25, 0.3) is 0 Å². The zero-order valence-corrected chi connectivity index (χ0v) is 19.5. The van der Waals surface area contributed by atoms with Crippen LogP contribution in [0.4, 0.5) is 9.59 Å². The first-order chi connectivity index (χ1) is 13.8. The molecule has 1 aliphatic heterocycles. The van der Waals surface area contributed by atoms with Gasteiger partial charge in [-0.25, -0.2) is 9.59 Å². The summed E-state index contributed by atoms with van der Waals surface area (Å²) in [6, 6.07) is 0.351. The number of guanidine groups is 1. The minimum absolute atomic E-state index is 0.0310. The van der Waals surface area contributed by atoms with Crippen molar-refractivity contribution in [2.75, 3.05) is 26.2 Å². The lowest BCUT2D eigenvalue weighted by Gasteiger charge is -2.29. The van der Waals surface area contributed by atoms with E-state index in [2.05, 4.69) is 20.5 Å². The topological polar surface area (TPSA) is 118 Å². The minimum atomic E-state index is -0.680. The molecular formula is C21H41N5O4. The van der Waals surface area contributed by atoms with Gasteiger partial charge in [0.2, 0.25) is 5.96 Å². The molecule has 2 amide bonds. The lowest BCUT2D eigenvalue weighted by atomic mass is 10.1. The number of nitrogens with one attached hydrogen (secondary N) is 2. The van der Waals surface area contributed by atoms with E-state index in [1.807, 2.05) is 0 Å². The summed E-state index contributed by atoms with van der Waals surface area (Å²) < 4.78 is 10.5. The standard InChI is InChI=1S/C21H41N5O4/c1-20(2,3)29-18(27)24-17(25-19(28)30-21(4,5)6)23-12-8-7-9-13-26-14-10-16(22)11-15-26/h16H,7-15,22H2,1-6H3,(H2,23,24,25,27,28). The van der Waals surface area contributed by atoms with Crippen LogP contribution in [0, 0.1) is 0 Å². The Balaban J connectivity index is 2.46. The molecule has 0 saturated carbocycles. The van der Waals surface area contributed by atoms with Crippen LogP contribution in [0.2, 0.25) is 0 Å². The zero-order valence-electron chi connectivity index (χ0n) is 19.5. The van der Waals surface area contributed by atoms with E-state index in [0.29, 0.717) is 12.6 Å². The minimum Gasteiger partial charge on any atom is -0.444 e. The average Bonchev–Trinajstić information content (AvgIpc) is 2.55. The van der Waals surface area contributed by atoms with E-state index in [4.69, 9.17) is 15.2 Å². The summed E-state index contributed by atoms with van der Waals surface area (Å²) in [5.41, 5.74) is 4.63. The Bertz CT molecular complexity index is 541. The largest absolute Gasteiger partial charge is 0.444 e. The molecule has 0 spiro atoms. The maximum absolute atomic E-state index is 12.0. The monoisotopic (exact) mass is 427 g/mol. The summed E-state index contributed by atoms with van der Waals surface area (Å²) >= 11 is 0. The number of likely N-dealkylation sites (tertiary alicyclic amines) is 1. The highest BCUT2D eigenvalue weighted by atomic mass is 16.6. The molecule has 0 bridgehead atoms. The van der Waals surface area contributed by atoms with Crippen molar-refractivity contribution in [3.8, 4) is 0 Å². The summed E-state index contributed by atoms with van der Waals surface area (Å²) in [5.74, 6) is 0.0310. The van der Waals surface area contributed by atoms with Crippen molar-refractivity contribution in [1.82, 2.24) is 15.5 Å². The number of rotatable bonds is 6. The first-order valence-electron chi connectivity index (χ1n) is 10.9. The van der Waals surface area contributed by atoms with Gasteiger partial charge in [0.15, 0.2) is 0 Å². The van der Waals surface area contributed by atoms with Crippen molar-refractivity contribution < 1.29 is 19.1 Å². The second-order valence-electron chi connectivity index (χ2n) is 9.72. The highest BCUT2D eigenvalue weighted by Crippen LogP contribution is 2.10. The Morgan fingerprint density at radius 2 is 1.43 bits per heavy atom. The number of unbranched alkanes of at least 4 members (excludes halogenated alkanes) is 2. The molecule has 0 radical (unpaired) electrons. The van der Waals surface area contributed by atoms with Crippen LogP contribution < -0.4 is 16.4 Å². The van der Waals surface area contributed by atoms with Crippen LogP contribution in [0.3, 0.4) is 0 Å². The molecule has 1 aliphatic rings. The van der Waals surface area contributed by atoms with Crippen molar-refractivity contribution in [2.45, 2.75) is 90.9 Å². The van der Waals surface area contributed by atoms with E-state index in [1.54, 1.807) is 41.5 Å². The molecule has 4 N–H and O–H groups in total. The van der Waals surface area contributed by atoms with Gasteiger partial charge in [-0.05, 0) is 86.9 Å². The van der Waals surface area contributed by atoms with E-state index in [1.165, 1.54) is 0 Å². The summed E-state index contributed by atoms with van der Waals surface area (Å²) in [5, 5.41) is 4.99. The molecule has 0 aromatic heterocycles. The Labute approximate surface area is 181 Å². The summed E-state index contributed by atoms with van der Waals surface area (Å²) in [6.45, 7) is 14.3. The number of aliphatic imine (C=N–C) groups is 1. The third-order valence-electron chi connectivity index (χ3n) is 4.27. The lowest BCUT2D eigenvalue weighted by Crippen LogP contribution is -2.47. The van der Waals surface area contributed by atoms with Crippen molar-refractivity contribution in [2.24, 2.45) is 10.7 Å². The maximum Gasteiger partial charge on any atom is 0.414 e. The summed E-state index contributed by atoms with van der Waals surface area (Å²) in [7, 11) is 0. The Morgan fingerprint density at radius 1 is 0.933 bits per heavy atom. The number of nitrogens with zero attached hydrogens (tertiary/aromatic N) is 2. The van der Waals surface area contributed by atoms with Gasteiger partial charge in [-0.1, -0.05) is 6.42 Å². The van der Waals surface area contributed by atoms with Gasteiger partial charge in [0, 0.05) is 12.6 Å². The zero-order chi connectivity index (χ0) is 22.8. The number of ether oxygens (including phenoxy) is 2. The van der Waals surface area contributed by atoms with E-state index in [9.17, 15) is 9.59 Å². The molecule has 1 heterocycles. The van der Waals surface area contributed by atoms with Crippen molar-refractivity contribution in [3.05, 3.63) is 0 Å². The lowest BCUT2D eigenvalue weighted by molar-refractivity contribution is 0.0545. The van der Waals surface area contributed by atoms with Gasteiger partial charge >= 0.3 is 12.2 Å². The highest BCUT2D eigenvalue weighted by molar-refractivity contribution is 6.01. The normalized spacial score (nSPS) is 16.0. The Morgan fingerprint density at radius 3 is 1.90 bits per heavy atom. The SMILES string of the molecule is CC(C)(C)OC(=O)NC(=NCCCCCN1CCC(N)CC1)NC(=O)OC(C)(C)C. The molecule has 0 aromatic carbocycles. The smallest absolute Gasteiger partial charge is 0.414 e. The molecular weight excluding hydrogens is 386 g/mol. The Hall–Kier alpha value is -1.87. The predicted octanol–water partition coefficient (Wildman–Crippen LogP) is 2.99. The summed E-state index contributed by atoms with van der Waals surface area (Å²) in [4.78, 5) is 30.9. The van der Waals surface area contributed by atoms with E-state index < -0.39 is 23.4 Å². The molecule has 1 rings (SSSR count). The Kier molecular flexibility index (Phi) is 10.6. The predicted molar refractivity (Wildman–Crippen MR) is 119 cm³/mol. The quantitative estimate of drug-likeness (QED) is 0.341. The number of alkyl carbamates (subject to hydrolysis) is 2. The van der Waals surface area contributed by atoms with Crippen molar-refractivity contribution in [1.29, 1.82) is 0 Å². The van der Waals surface area contributed by atoms with Gasteiger partial charge in [0.1, 0.15) is 11.2 Å². The molecule has 30 heavy (non-hydrogen) atoms. The molecule has 0 atom stereocenters. The fraction of sp³-hybridized carbons (Fsp3) is 0.857. The first kappa shape index (κ1) is 26.2. The average molecular weight is 428 g/mol. The third-order valence-corrected chi connectivity index (χ3v) is 4.27. The van der Waals surface area contributed by atoms with Gasteiger partial charge in [0.05, 0.1) is 0 Å². The van der Waals surface area contributed by atoms with Crippen LogP contribution >= 0.6 is 0 Å². The van der Waals surface area contributed by atoms with E-state index in [0.717, 1.165) is 51.7 Å². The highest BCUT2D eigenvalue weighted by Gasteiger charge is 2.21. The second-order valence-corrected chi connectivity index (χ2v) is 9.72. The van der Waals surface area contributed by atoms with Crippen LogP contribution in [-0.4, -0.2) is 66.5 Å². The number of piperidine rings is 1. The van der Waals surface area contributed by atoms with Crippen molar-refractivity contribution in [3.63, 3.8) is 0 Å². The van der Waals surface area contributed by atoms with Gasteiger partial charge in [-0.2, -0.15) is 0 Å². The summed E-state index contributed by atoms with van der Waals surface area (Å²) in [6.07, 6.45) is 3.72. The molecule has 0 aromatic rings. The van der Waals surface area contributed by atoms with Crippen LogP contribution in [0.5, 0.6) is 0 Å². The number of hydrogen-bond acceptors (Lipinski definition) is 7. The van der Waals surface area contributed by atoms with Crippen LogP contribution in [0.1, 0.15) is 73.6 Å². The first-order valence-corrected chi connectivity index (χ1v) is 10.9. The van der Waals surface area contributed by atoms with E-state index >= 15 is 0 Å². The fourth-order valence-corrected chi connectivity index (χ4v) is 2.90. The van der Waals surface area contributed by atoms with Gasteiger partial charge in [-0.3, -0.25) is 15.6 Å². The molecule has 1 fully saturated rings. The molecule has 0 aliphatic carbocycles. The molecule has 0 unspecified atom stereocenters. The number of hydrogen-bond donors (Lipinski definition) is 3. The third kappa shape index (κ3) is 13.4. The maximum atomic E-state index is 12.0. The fourth-order valence-electron chi connectivity index (χ4n) is 2.90. The molecule has 9 nitrogen and oxygen atoms in total. The number of carbonyl (C=O) groups is 2. The van der Waals surface area contributed by atoms with Crippen LogP contribution in [0.15, 0.2) is 4.99 Å². The molecule has 9 heteroatoms. The van der Waals surface area contributed by atoms with Gasteiger partial charge in [-0.15, -0.1) is 0 Å².